The van der Waals surface area contributed by atoms with E-state index in [-0.39, 0.29) is 26.4 Å². The molecule has 1 unspecified atom stereocenters. The lowest BCUT2D eigenvalue weighted by Crippen LogP contribution is -2.32. The van der Waals surface area contributed by atoms with E-state index in [1.54, 1.807) is 0 Å². The third-order valence-corrected chi connectivity index (χ3v) is 3.34. The van der Waals surface area contributed by atoms with Gasteiger partial charge < -0.3 is 40.1 Å². The molecule has 0 aromatic carbocycles. The van der Waals surface area contributed by atoms with E-state index in [0.29, 0.717) is 6.42 Å². The molecule has 1 atom stereocenters. The van der Waals surface area contributed by atoms with Crippen molar-refractivity contribution in [2.45, 2.75) is 19.4 Å². The van der Waals surface area contributed by atoms with E-state index in [0.717, 1.165) is 24.3 Å². The molecule has 0 aromatic heterocycles. The van der Waals surface area contributed by atoms with Gasteiger partial charge in [-0.05, 0) is 6.42 Å². The molecule has 0 aliphatic heterocycles. The average Bonchev–Trinajstić information content (AvgIpc) is 2.84. The molecule has 12 heteroatoms. The molecule has 0 fully saturated rings. The lowest BCUT2D eigenvalue weighted by Gasteiger charge is -2.24. The molecule has 0 amide bonds. The fourth-order valence-corrected chi connectivity index (χ4v) is 1.06. The Hall–Kier alpha value is -3.32. The molecule has 0 aliphatic rings. The molecule has 33 heavy (non-hydrogen) atoms. The van der Waals surface area contributed by atoms with E-state index >= 15 is 0 Å². The second-order valence-corrected chi connectivity index (χ2v) is 5.69. The minimum absolute atomic E-state index is 0.156. The highest BCUT2D eigenvalue weighted by atomic mass is 16.6. The maximum absolute atomic E-state index is 10.7. The first-order valence-electron chi connectivity index (χ1n) is 9.19. The zero-order valence-corrected chi connectivity index (χ0v) is 18.6. The van der Waals surface area contributed by atoms with E-state index in [2.05, 4.69) is 35.8 Å². The number of aliphatic hydroxyl groups excluding tert-OH is 4. The number of aliphatic carboxylic acids is 2. The SMILES string of the molecule is C=CC(=O)O.C=CC(=O)O.C=CC(=O)OCC(CO)OC(=O)C=C.CCC(CO)(CO)CO. The van der Waals surface area contributed by atoms with Gasteiger partial charge in [0, 0.05) is 29.7 Å². The Morgan fingerprint density at radius 2 is 1.15 bits per heavy atom. The van der Waals surface area contributed by atoms with Crippen LogP contribution in [0.25, 0.3) is 0 Å². The summed E-state index contributed by atoms with van der Waals surface area (Å²) in [5.41, 5.74) is -0.667. The van der Waals surface area contributed by atoms with Gasteiger partial charge in [0.15, 0.2) is 6.10 Å². The van der Waals surface area contributed by atoms with Crippen LogP contribution in [-0.2, 0) is 28.7 Å². The molecule has 0 aromatic rings. The van der Waals surface area contributed by atoms with Crippen LogP contribution in [0.15, 0.2) is 50.6 Å². The average molecular weight is 478 g/mol. The largest absolute Gasteiger partial charge is 0.478 e. The quantitative estimate of drug-likeness (QED) is 0.157. The van der Waals surface area contributed by atoms with Crippen molar-refractivity contribution in [3.05, 3.63) is 50.6 Å². The highest BCUT2D eigenvalue weighted by Gasteiger charge is 2.24. The van der Waals surface area contributed by atoms with Crippen molar-refractivity contribution in [3.8, 4) is 0 Å². The van der Waals surface area contributed by atoms with Gasteiger partial charge in [-0.3, -0.25) is 0 Å². The van der Waals surface area contributed by atoms with Gasteiger partial charge in [0.25, 0.3) is 0 Å². The van der Waals surface area contributed by atoms with Crippen LogP contribution >= 0.6 is 0 Å². The normalized spacial score (nSPS) is 9.97. The minimum Gasteiger partial charge on any atom is -0.478 e. The molecule has 12 nitrogen and oxygen atoms in total. The van der Waals surface area contributed by atoms with Crippen LogP contribution in [0, 0.1) is 5.41 Å². The van der Waals surface area contributed by atoms with Gasteiger partial charge in [0.1, 0.15) is 6.61 Å². The van der Waals surface area contributed by atoms with Crippen LogP contribution in [0.2, 0.25) is 0 Å². The molecule has 0 saturated carbocycles. The molecule has 0 saturated heterocycles. The number of carbonyl (C=O) groups excluding carboxylic acids is 2. The third kappa shape index (κ3) is 26.6. The molecule has 0 rings (SSSR count). The summed E-state index contributed by atoms with van der Waals surface area (Å²) in [5.74, 6) is -3.29. The van der Waals surface area contributed by atoms with Gasteiger partial charge in [0.05, 0.1) is 26.4 Å². The first-order valence-corrected chi connectivity index (χ1v) is 9.19. The zero-order chi connectivity index (χ0) is 26.9. The van der Waals surface area contributed by atoms with Crippen molar-refractivity contribution in [1.29, 1.82) is 0 Å². The van der Waals surface area contributed by atoms with E-state index in [9.17, 15) is 19.2 Å². The Balaban J connectivity index is -0.000000189. The number of aliphatic hydroxyl groups is 4. The molecule has 0 spiro atoms. The Morgan fingerprint density at radius 3 is 1.33 bits per heavy atom. The summed E-state index contributed by atoms with van der Waals surface area (Å²) in [5, 5.41) is 49.9. The maximum atomic E-state index is 10.7. The molecule has 6 N–H and O–H groups in total. The van der Waals surface area contributed by atoms with E-state index in [4.69, 9.17) is 30.6 Å². The second-order valence-electron chi connectivity index (χ2n) is 5.69. The van der Waals surface area contributed by atoms with Crippen molar-refractivity contribution in [2.75, 3.05) is 33.0 Å². The number of hydrogen-bond donors (Lipinski definition) is 6. The first-order chi connectivity index (χ1) is 15.4. The summed E-state index contributed by atoms with van der Waals surface area (Å²) in [6.45, 7) is 13.0. The highest BCUT2D eigenvalue weighted by molar-refractivity contribution is 5.82. The summed E-state index contributed by atoms with van der Waals surface area (Å²) in [7, 11) is 0. The van der Waals surface area contributed by atoms with Crippen molar-refractivity contribution < 1.29 is 59.3 Å². The lowest BCUT2D eigenvalue weighted by atomic mass is 9.88. The van der Waals surface area contributed by atoms with E-state index in [1.807, 2.05) is 6.92 Å². The Kier molecular flexibility index (Phi) is 28.0. The van der Waals surface area contributed by atoms with Crippen LogP contribution in [0.1, 0.15) is 13.3 Å². The molecular weight excluding hydrogens is 444 g/mol. The molecule has 0 heterocycles. The van der Waals surface area contributed by atoms with Crippen molar-refractivity contribution in [2.24, 2.45) is 5.41 Å². The van der Waals surface area contributed by atoms with Crippen LogP contribution in [-0.4, -0.2) is 93.7 Å². The highest BCUT2D eigenvalue weighted by Crippen LogP contribution is 2.18. The Labute approximate surface area is 192 Å². The number of rotatable bonds is 12. The standard InChI is InChI=1S/C9H12O5.C6H14O3.2C3H4O2/c1-3-8(11)13-6-7(5-10)14-9(12)4-2;1-2-6(3-7,4-8)5-9;2*1-2-3(4)5/h3-4,7,10H,1-2,5-6H2;7-9H,2-5H2,1H3;2*2H,1H2,(H,4,5). The summed E-state index contributed by atoms with van der Waals surface area (Å²) < 4.78 is 9.19. The predicted molar refractivity (Wildman–Crippen MR) is 118 cm³/mol. The number of carboxylic acid groups (broad SMARTS) is 2. The predicted octanol–water partition coefficient (Wildman–Crippen LogP) is -0.321. The van der Waals surface area contributed by atoms with Crippen molar-refractivity contribution in [3.63, 3.8) is 0 Å². The van der Waals surface area contributed by atoms with Crippen LogP contribution < -0.4 is 0 Å². The molecular formula is C21H34O12. The van der Waals surface area contributed by atoms with Crippen molar-refractivity contribution >= 4 is 23.9 Å². The summed E-state index contributed by atoms with van der Waals surface area (Å²) in [6.07, 6.45) is 3.32. The lowest BCUT2D eigenvalue weighted by molar-refractivity contribution is -0.154. The van der Waals surface area contributed by atoms with Gasteiger partial charge in [-0.1, -0.05) is 33.2 Å². The van der Waals surface area contributed by atoms with Gasteiger partial charge in [-0.25, -0.2) is 19.2 Å². The number of esters is 2. The zero-order valence-electron chi connectivity index (χ0n) is 18.6. The molecule has 0 radical (unpaired) electrons. The second kappa shape index (κ2) is 24.9. The van der Waals surface area contributed by atoms with Gasteiger partial charge >= 0.3 is 23.9 Å². The number of ether oxygens (including phenoxy) is 2. The monoisotopic (exact) mass is 478 g/mol. The summed E-state index contributed by atoms with van der Waals surface area (Å²) >= 11 is 0. The number of carbonyl (C=O) groups is 4. The smallest absolute Gasteiger partial charge is 0.330 e. The van der Waals surface area contributed by atoms with Gasteiger partial charge in [0.2, 0.25) is 0 Å². The Bertz CT molecular complexity index is 573. The minimum atomic E-state index is -0.981. The maximum Gasteiger partial charge on any atom is 0.330 e. The van der Waals surface area contributed by atoms with E-state index in [1.165, 1.54) is 0 Å². The van der Waals surface area contributed by atoms with Crippen LogP contribution in [0.4, 0.5) is 0 Å². The van der Waals surface area contributed by atoms with E-state index < -0.39 is 42.0 Å². The molecule has 0 bridgehead atoms. The van der Waals surface area contributed by atoms with Gasteiger partial charge in [-0.2, -0.15) is 0 Å². The fourth-order valence-electron chi connectivity index (χ4n) is 1.06. The van der Waals surface area contributed by atoms with Crippen LogP contribution in [0.3, 0.4) is 0 Å². The summed E-state index contributed by atoms with van der Waals surface area (Å²) in [4.78, 5) is 39.8. The molecule has 190 valence electrons. The number of carboxylic acids is 2. The first kappa shape index (κ1) is 37.0. The third-order valence-electron chi connectivity index (χ3n) is 3.34. The summed E-state index contributed by atoms with van der Waals surface area (Å²) in [6, 6.07) is 0. The van der Waals surface area contributed by atoms with Crippen molar-refractivity contribution in [1.82, 2.24) is 0 Å². The number of hydrogen-bond acceptors (Lipinski definition) is 10. The van der Waals surface area contributed by atoms with Gasteiger partial charge in [-0.15, -0.1) is 0 Å². The van der Waals surface area contributed by atoms with Crippen LogP contribution in [0.5, 0.6) is 0 Å². The topological polar surface area (TPSA) is 208 Å². The molecule has 0 aliphatic carbocycles. The fraction of sp³-hybridized carbons (Fsp3) is 0.429. The Morgan fingerprint density at radius 1 is 0.788 bits per heavy atom.